The Balaban J connectivity index is 0. The molecule has 0 amide bonds. The Morgan fingerprint density at radius 1 is 0.875 bits per heavy atom. The third-order valence-electron chi connectivity index (χ3n) is 4.47. The molecule has 0 aliphatic heterocycles. The monoisotopic (exact) mass is 346 g/mol. The van der Waals surface area contributed by atoms with Crippen molar-refractivity contribution in [1.82, 2.24) is 0 Å². The molecule has 0 N–H and O–H groups in total. The fraction of sp³-hybridized carbons (Fsp3) is 0.857. The van der Waals surface area contributed by atoms with Gasteiger partial charge in [-0.2, -0.15) is 0 Å². The number of allylic oxidation sites excluding steroid dienone is 2. The van der Waals surface area contributed by atoms with Crippen LogP contribution < -0.4 is 29.6 Å². The molecule has 0 heterocycles. The Labute approximate surface area is 174 Å². The maximum Gasteiger partial charge on any atom is 1.00 e. The van der Waals surface area contributed by atoms with E-state index in [1.165, 1.54) is 77.0 Å². The van der Waals surface area contributed by atoms with Gasteiger partial charge >= 0.3 is 35.5 Å². The molecule has 1 aliphatic carbocycles. The van der Waals surface area contributed by atoms with E-state index in [1.807, 2.05) is 0 Å². The van der Waals surface area contributed by atoms with Gasteiger partial charge < -0.3 is 6.16 Å². The van der Waals surface area contributed by atoms with Gasteiger partial charge in [0.25, 0.3) is 0 Å². The molecule has 1 fully saturated rings. The van der Waals surface area contributed by atoms with Gasteiger partial charge in [-0.3, -0.25) is 4.79 Å². The number of carbonyl (C=O) groups excluding carboxylic acids is 1. The maximum absolute atomic E-state index is 11.4. The van der Waals surface area contributed by atoms with E-state index in [1.54, 1.807) is 0 Å². The average Bonchev–Trinajstić information content (AvgIpc) is 3.35. The molecule has 1 rings (SSSR count). The third kappa shape index (κ3) is 17.0. The molecule has 136 valence electrons. The Hall–Kier alpha value is 0.210. The van der Waals surface area contributed by atoms with Crippen LogP contribution in [0.25, 0.3) is 0 Å². The molecule has 0 bridgehead atoms. The predicted molar refractivity (Wildman–Crippen MR) is 99.7 cm³/mol. The second kappa shape index (κ2) is 18.0. The number of hydrogen-bond donors (Lipinski definition) is 0. The van der Waals surface area contributed by atoms with Crippen molar-refractivity contribution >= 4 is 5.97 Å². The minimum atomic E-state index is 0. The van der Waals surface area contributed by atoms with Crippen molar-refractivity contribution < 1.29 is 40.5 Å². The van der Waals surface area contributed by atoms with E-state index in [4.69, 9.17) is 4.74 Å². The number of hydrogen-bond acceptors (Lipinski definition) is 2. The summed E-state index contributed by atoms with van der Waals surface area (Å²) in [5.41, 5.74) is 0. The van der Waals surface area contributed by atoms with Crippen LogP contribution in [0.4, 0.5) is 0 Å². The summed E-state index contributed by atoms with van der Waals surface area (Å²) in [7, 11) is 0. The first-order chi connectivity index (χ1) is 11.3. The van der Waals surface area contributed by atoms with Crippen LogP contribution in [-0.2, 0) is 9.53 Å². The number of ether oxygens (including phenoxy) is 1. The molecule has 2 nitrogen and oxygen atoms in total. The van der Waals surface area contributed by atoms with Crippen LogP contribution in [0.2, 0.25) is 0 Å². The van der Waals surface area contributed by atoms with E-state index in [0.717, 1.165) is 19.3 Å². The van der Waals surface area contributed by atoms with Gasteiger partial charge in [0.05, 0.1) is 0 Å². The molecule has 1 saturated carbocycles. The van der Waals surface area contributed by atoms with Crippen LogP contribution in [-0.4, -0.2) is 12.1 Å². The van der Waals surface area contributed by atoms with Crippen molar-refractivity contribution in [3.8, 4) is 0 Å². The molecular weight excluding hydrogens is 307 g/mol. The second-order valence-electron chi connectivity index (χ2n) is 7.02. The van der Waals surface area contributed by atoms with Crippen LogP contribution in [0.1, 0.15) is 111 Å². The molecule has 3 heteroatoms. The van der Waals surface area contributed by atoms with Crippen molar-refractivity contribution in [3.63, 3.8) is 0 Å². The summed E-state index contributed by atoms with van der Waals surface area (Å²) in [6, 6.07) is 0. The summed E-state index contributed by atoms with van der Waals surface area (Å²) >= 11 is 0. The zero-order valence-corrected chi connectivity index (χ0v) is 18.4. The summed E-state index contributed by atoms with van der Waals surface area (Å²) in [5, 5.41) is 0. The summed E-state index contributed by atoms with van der Waals surface area (Å²) in [6.07, 6.45) is 24.6. The van der Waals surface area contributed by atoms with Crippen molar-refractivity contribution in [1.29, 1.82) is 0 Å². The van der Waals surface area contributed by atoms with Crippen LogP contribution in [0.15, 0.2) is 12.2 Å². The van der Waals surface area contributed by atoms with Gasteiger partial charge in [0, 0.05) is 6.42 Å². The second-order valence-corrected chi connectivity index (χ2v) is 7.02. The molecule has 0 unspecified atom stereocenters. The summed E-state index contributed by atoms with van der Waals surface area (Å²) in [4.78, 5) is 11.4. The largest absolute Gasteiger partial charge is 1.00 e. The first-order valence-corrected chi connectivity index (χ1v) is 10.2. The fourth-order valence-corrected chi connectivity index (χ4v) is 2.77. The van der Waals surface area contributed by atoms with Crippen molar-refractivity contribution in [2.24, 2.45) is 0 Å². The molecule has 0 radical (unpaired) electrons. The maximum atomic E-state index is 11.4. The minimum Gasteiger partial charge on any atom is -1.00 e. The molecule has 0 aromatic rings. The molecule has 0 saturated heterocycles. The Morgan fingerprint density at radius 3 is 1.92 bits per heavy atom. The first-order valence-electron chi connectivity index (χ1n) is 10.2. The minimum absolute atomic E-state index is 0. The first kappa shape index (κ1) is 24.2. The predicted octanol–water partition coefficient (Wildman–Crippen LogP) is 3.85. The van der Waals surface area contributed by atoms with Gasteiger partial charge in [-0.15, -0.1) is 0 Å². The molecule has 0 atom stereocenters. The van der Waals surface area contributed by atoms with Gasteiger partial charge in [0.15, 0.2) is 0 Å². The van der Waals surface area contributed by atoms with E-state index in [-0.39, 0.29) is 43.1 Å². The standard InChI is InChI=1S/C21H38O2.Na.H/c1-2-3-4-5-6-7-8-9-10-11-12-13-14-15-16-17-21(22)23-20-18-19-20;;/h9-10,20H,2-8,11-19H2,1H3;;/q;+1;-1/b10-9-;;. The Kier molecular flexibility index (Phi) is 18.2. The van der Waals surface area contributed by atoms with Gasteiger partial charge in [-0.1, -0.05) is 70.4 Å². The van der Waals surface area contributed by atoms with Gasteiger partial charge in [-0.05, 0) is 44.9 Å². The van der Waals surface area contributed by atoms with Gasteiger partial charge in [0.2, 0.25) is 0 Å². The number of rotatable bonds is 16. The summed E-state index contributed by atoms with van der Waals surface area (Å²) < 4.78 is 5.23. The topological polar surface area (TPSA) is 26.3 Å². The number of carbonyl (C=O) groups is 1. The van der Waals surface area contributed by atoms with Gasteiger partial charge in [0.1, 0.15) is 6.10 Å². The summed E-state index contributed by atoms with van der Waals surface area (Å²) in [5.74, 6) is 0.0186. The van der Waals surface area contributed by atoms with Crippen molar-refractivity contribution in [2.75, 3.05) is 0 Å². The van der Waals surface area contributed by atoms with Crippen LogP contribution in [0.5, 0.6) is 0 Å². The number of unbranched alkanes of at least 4 members (excludes halogenated alkanes) is 11. The molecule has 0 spiro atoms. The molecule has 0 aromatic carbocycles. The smallest absolute Gasteiger partial charge is 1.00 e. The third-order valence-corrected chi connectivity index (χ3v) is 4.47. The van der Waals surface area contributed by atoms with Crippen LogP contribution in [0.3, 0.4) is 0 Å². The molecule has 0 aromatic heterocycles. The summed E-state index contributed by atoms with van der Waals surface area (Å²) in [6.45, 7) is 2.27. The van der Waals surface area contributed by atoms with Gasteiger partial charge in [-0.25, -0.2) is 0 Å². The van der Waals surface area contributed by atoms with E-state index in [2.05, 4.69) is 19.1 Å². The number of esters is 1. The molecular formula is C21H39NaO2. The molecule has 24 heavy (non-hydrogen) atoms. The van der Waals surface area contributed by atoms with Crippen molar-refractivity contribution in [3.05, 3.63) is 12.2 Å². The fourth-order valence-electron chi connectivity index (χ4n) is 2.77. The van der Waals surface area contributed by atoms with E-state index < -0.39 is 0 Å². The Morgan fingerprint density at radius 2 is 1.38 bits per heavy atom. The van der Waals surface area contributed by atoms with E-state index in [9.17, 15) is 4.79 Å². The average molecular weight is 347 g/mol. The zero-order chi connectivity index (χ0) is 16.6. The Bertz CT molecular complexity index is 317. The normalized spacial score (nSPS) is 13.9. The quantitative estimate of drug-likeness (QED) is 0.184. The van der Waals surface area contributed by atoms with E-state index >= 15 is 0 Å². The van der Waals surface area contributed by atoms with Crippen LogP contribution in [0, 0.1) is 0 Å². The molecule has 1 aliphatic rings. The van der Waals surface area contributed by atoms with Crippen LogP contribution >= 0.6 is 0 Å². The SMILES string of the molecule is CCCCCCCC/C=C\CCCCCCCC(=O)OC1CC1.[H-].[Na+]. The van der Waals surface area contributed by atoms with E-state index in [0.29, 0.717) is 6.42 Å². The van der Waals surface area contributed by atoms with Crippen molar-refractivity contribution in [2.45, 2.75) is 116 Å². The zero-order valence-electron chi connectivity index (χ0n) is 17.4.